The summed E-state index contributed by atoms with van der Waals surface area (Å²) in [6, 6.07) is 0. The van der Waals surface area contributed by atoms with Gasteiger partial charge in [0.2, 0.25) is 0 Å². The van der Waals surface area contributed by atoms with Crippen molar-refractivity contribution in [2.75, 3.05) is 0 Å². The fourth-order valence-corrected chi connectivity index (χ4v) is 2.02. The molecule has 0 N–H and O–H groups in total. The first-order chi connectivity index (χ1) is 7.06. The molecule has 0 aliphatic rings. The van der Waals surface area contributed by atoms with Gasteiger partial charge in [0, 0.05) is 0 Å². The number of hydrogen-bond donors (Lipinski definition) is 0. The second kappa shape index (κ2) is 5.85. The normalized spacial score (nSPS) is 11.3. The molecule has 0 aromatic carbocycles. The van der Waals surface area contributed by atoms with Crippen molar-refractivity contribution in [1.29, 1.82) is 0 Å². The summed E-state index contributed by atoms with van der Waals surface area (Å²) in [4.78, 5) is 7.93. The first-order valence-electron chi connectivity index (χ1n) is 4.01. The van der Waals surface area contributed by atoms with Crippen LogP contribution in [0.3, 0.4) is 0 Å². The second-order valence-corrected chi connectivity index (χ2v) is 5.75. The van der Waals surface area contributed by atoms with Crippen LogP contribution in [0, 0.1) is 6.92 Å². The van der Waals surface area contributed by atoms with Gasteiger partial charge >= 0.3 is 109 Å². The van der Waals surface area contributed by atoms with Crippen molar-refractivity contribution in [2.24, 2.45) is 0 Å². The molecule has 0 spiro atoms. The molecule has 0 saturated heterocycles. The van der Waals surface area contributed by atoms with E-state index >= 15 is 0 Å². The van der Waals surface area contributed by atoms with Crippen LogP contribution in [0.15, 0.2) is 10.8 Å². The minimum absolute atomic E-state index is 0.399. The van der Waals surface area contributed by atoms with E-state index in [-0.39, 0.29) is 0 Å². The summed E-state index contributed by atoms with van der Waals surface area (Å²) < 4.78 is 12.4. The molecule has 6 heteroatoms. The molecular weight excluding hydrogens is 365 g/mol. The first kappa shape index (κ1) is 13.0. The molecule has 0 unspecified atom stereocenters. The van der Waals surface area contributed by atoms with Gasteiger partial charge in [0.1, 0.15) is 0 Å². The number of hydrogen-bond acceptors (Lipinski definition) is 3. The fourth-order valence-electron chi connectivity index (χ4n) is 0.882. The Bertz CT molecular complexity index is 449. The Morgan fingerprint density at radius 3 is 2.80 bits per heavy atom. The monoisotopic (exact) mass is 371 g/mol. The van der Waals surface area contributed by atoms with Gasteiger partial charge < -0.3 is 0 Å². The first-order valence-corrected chi connectivity index (χ1v) is 6.87. The molecule has 0 aliphatic heterocycles. The molecule has 0 saturated carbocycles. The molecule has 0 bridgehead atoms. The van der Waals surface area contributed by atoms with Crippen molar-refractivity contribution in [1.82, 2.24) is 9.97 Å². The van der Waals surface area contributed by atoms with Gasteiger partial charge in [-0.2, -0.15) is 0 Å². The van der Waals surface area contributed by atoms with Crippen LogP contribution in [0.25, 0.3) is 6.08 Å². The van der Waals surface area contributed by atoms with Crippen LogP contribution in [-0.4, -0.2) is 14.0 Å². The molecule has 0 aliphatic carbocycles. The quantitative estimate of drug-likeness (QED) is 0.749. The van der Waals surface area contributed by atoms with Crippen LogP contribution < -0.4 is 0 Å². The maximum atomic E-state index is 10.8. The summed E-state index contributed by atoms with van der Waals surface area (Å²) in [5.41, 5.74) is 1.55. The number of allylic oxidation sites excluding steroid dienone is 1. The fraction of sp³-hybridized carbons (Fsp3) is 0.222. The maximum absolute atomic E-state index is 10.8. The molecule has 15 heavy (non-hydrogen) atoms. The number of aryl methyl sites for hydroxylation is 1. The predicted molar refractivity (Wildman–Crippen MR) is 60.1 cm³/mol. The third-order valence-corrected chi connectivity index (χ3v) is 4.58. The van der Waals surface area contributed by atoms with Crippen molar-refractivity contribution in [2.45, 2.75) is 13.8 Å². The summed E-state index contributed by atoms with van der Waals surface area (Å²) in [6.45, 7) is 3.66. The van der Waals surface area contributed by atoms with Crippen molar-refractivity contribution >= 4 is 37.6 Å². The minimum atomic E-state index is -1.15. The van der Waals surface area contributed by atoms with E-state index in [0.29, 0.717) is 5.15 Å². The van der Waals surface area contributed by atoms with Gasteiger partial charge in [0.05, 0.1) is 0 Å². The topological polar surface area (TPSA) is 42.9 Å². The van der Waals surface area contributed by atoms with E-state index in [1.165, 1.54) is 6.33 Å². The van der Waals surface area contributed by atoms with Gasteiger partial charge in [-0.25, -0.2) is 0 Å². The number of rotatable bonds is 2. The zero-order valence-corrected chi connectivity index (χ0v) is 12.3. The van der Waals surface area contributed by atoms with Gasteiger partial charge in [0.15, 0.2) is 0 Å². The zero-order valence-electron chi connectivity index (χ0n) is 8.09. The Morgan fingerprint density at radius 1 is 1.60 bits per heavy atom. The molecule has 1 aromatic heterocycles. The Balaban J connectivity index is 3.25. The molecule has 0 radical (unpaired) electrons. The van der Waals surface area contributed by atoms with Gasteiger partial charge in [-0.1, -0.05) is 0 Å². The van der Waals surface area contributed by atoms with Crippen LogP contribution in [0.1, 0.15) is 18.2 Å². The molecule has 80 valence electrons. The standard InChI is InChI=1S/C9H8BrClN2.O.Tc/c1-3-7(10)4-8-6(2)12-5-13-9(8)11;;/h4-5H,1-2H3;;/q;;+1/b7-4+;;. The molecule has 0 fully saturated rings. The van der Waals surface area contributed by atoms with E-state index in [1.807, 2.05) is 13.8 Å². The number of nitrogens with zero attached hydrogens (tertiary/aromatic N) is 2. The van der Waals surface area contributed by atoms with Crippen molar-refractivity contribution in [3.8, 4) is 0 Å². The van der Waals surface area contributed by atoms with Gasteiger partial charge in [-0.05, 0) is 0 Å². The Hall–Kier alpha value is -0.0906. The Morgan fingerprint density at radius 2 is 2.27 bits per heavy atom. The molecule has 1 rings (SSSR count). The third kappa shape index (κ3) is 3.45. The molecule has 0 atom stereocenters. The Kier molecular flexibility index (Phi) is 5.06. The van der Waals surface area contributed by atoms with Crippen molar-refractivity contribution in [3.05, 3.63) is 27.2 Å². The summed E-state index contributed by atoms with van der Waals surface area (Å²) in [5, 5.41) is 0.399. The van der Waals surface area contributed by atoms with E-state index in [1.54, 1.807) is 6.08 Å². The summed E-state index contributed by atoms with van der Waals surface area (Å²) in [5.74, 6) is 0. The van der Waals surface area contributed by atoms with Gasteiger partial charge in [-0.15, -0.1) is 0 Å². The van der Waals surface area contributed by atoms with Crippen LogP contribution in [0.2, 0.25) is 5.15 Å². The third-order valence-electron chi connectivity index (χ3n) is 1.75. The van der Waals surface area contributed by atoms with Gasteiger partial charge in [0.25, 0.3) is 0 Å². The van der Waals surface area contributed by atoms with Crippen molar-refractivity contribution in [3.63, 3.8) is 0 Å². The van der Waals surface area contributed by atoms with E-state index in [9.17, 15) is 3.50 Å². The van der Waals surface area contributed by atoms with Crippen LogP contribution in [0.4, 0.5) is 0 Å². The molecule has 1 heterocycles. The predicted octanol–water partition coefficient (Wildman–Crippen LogP) is 2.79. The Labute approximate surface area is 109 Å². The van der Waals surface area contributed by atoms with Crippen LogP contribution >= 0.6 is 27.5 Å². The molecule has 1 aromatic rings. The van der Waals surface area contributed by atoms with E-state index < -0.39 is 17.2 Å². The van der Waals surface area contributed by atoms with E-state index in [4.69, 9.17) is 11.6 Å². The summed E-state index contributed by atoms with van der Waals surface area (Å²) in [6.07, 6.45) is 3.21. The van der Waals surface area contributed by atoms with Crippen LogP contribution in [-0.2, 0) is 20.7 Å². The number of aromatic nitrogens is 2. The average molecular weight is 374 g/mol. The summed E-state index contributed by atoms with van der Waals surface area (Å²) in [7, 11) is 0. The van der Waals surface area contributed by atoms with E-state index in [0.717, 1.165) is 19.8 Å². The zero-order chi connectivity index (χ0) is 11.4. The molecule has 0 amide bonds. The number of halogens is 2. The molecular formula is C9H8BrClN2OTc+. The van der Waals surface area contributed by atoms with Gasteiger partial charge in [-0.3, -0.25) is 0 Å². The average Bonchev–Trinajstić information content (AvgIpc) is 2.22. The molecule has 3 nitrogen and oxygen atoms in total. The van der Waals surface area contributed by atoms with Crippen LogP contribution in [0.5, 0.6) is 0 Å². The SMILES string of the molecule is C[C](=[Tc+]=[O])/C(Br)=C\c1c(C)ncnc1Cl. The van der Waals surface area contributed by atoms with Crippen molar-refractivity contribution < 1.29 is 20.7 Å². The second-order valence-electron chi connectivity index (χ2n) is 2.77. The van der Waals surface area contributed by atoms with E-state index in [2.05, 4.69) is 25.9 Å². The summed E-state index contributed by atoms with van der Waals surface area (Å²) >= 11 is 8.13.